The van der Waals surface area contributed by atoms with E-state index in [-0.39, 0.29) is 23.4 Å². The number of aryl methyl sites for hydroxylation is 1. The smallest absolute Gasteiger partial charge is 0.264 e. The number of hydrogen-bond acceptors (Lipinski definition) is 5. The van der Waals surface area contributed by atoms with Gasteiger partial charge in [0.25, 0.3) is 5.56 Å². The highest BCUT2D eigenvalue weighted by Gasteiger charge is 2.29. The van der Waals surface area contributed by atoms with Crippen LogP contribution >= 0.6 is 11.6 Å². The summed E-state index contributed by atoms with van der Waals surface area (Å²) in [6.45, 7) is 1.75. The molecule has 1 aliphatic carbocycles. The van der Waals surface area contributed by atoms with E-state index in [4.69, 9.17) is 20.9 Å². The van der Waals surface area contributed by atoms with Crippen molar-refractivity contribution < 1.29 is 14.1 Å². The molecule has 1 N–H and O–H groups in total. The van der Waals surface area contributed by atoms with Gasteiger partial charge in [-0.25, -0.2) is 0 Å². The number of amides is 1. The Morgan fingerprint density at radius 2 is 2.00 bits per heavy atom. The topological polar surface area (TPSA) is 86.4 Å². The molecule has 2 heterocycles. The molecule has 34 heavy (non-hydrogen) atoms. The lowest BCUT2D eigenvalue weighted by Crippen LogP contribution is -2.30. The molecule has 0 saturated heterocycles. The van der Waals surface area contributed by atoms with Crippen LogP contribution in [0.5, 0.6) is 5.75 Å². The minimum atomic E-state index is -0.114. The first-order chi connectivity index (χ1) is 16.5. The number of rotatable bonds is 5. The first-order valence-electron chi connectivity index (χ1n) is 11.5. The molecule has 1 amide bonds. The predicted molar refractivity (Wildman–Crippen MR) is 133 cm³/mol. The second kappa shape index (κ2) is 9.14. The summed E-state index contributed by atoms with van der Waals surface area (Å²) in [5, 5.41) is 8.84. The average molecular weight is 480 g/mol. The van der Waals surface area contributed by atoms with E-state index in [9.17, 15) is 9.59 Å². The molecule has 1 saturated carbocycles. The molecule has 1 aliphatic rings. The largest absolute Gasteiger partial charge is 0.497 e. The Balaban J connectivity index is 1.42. The van der Waals surface area contributed by atoms with Gasteiger partial charge in [0.1, 0.15) is 22.4 Å². The van der Waals surface area contributed by atoms with Crippen LogP contribution in [-0.2, 0) is 4.79 Å². The van der Waals surface area contributed by atoms with Crippen molar-refractivity contribution in [1.29, 1.82) is 0 Å². The summed E-state index contributed by atoms with van der Waals surface area (Å²) >= 11 is 6.54. The van der Waals surface area contributed by atoms with Crippen LogP contribution in [0.4, 0.5) is 5.69 Å². The molecular formula is C26H26ClN3O4. The molecule has 1 fully saturated rings. The van der Waals surface area contributed by atoms with E-state index in [1.54, 1.807) is 20.1 Å². The van der Waals surface area contributed by atoms with Crippen LogP contribution in [0.1, 0.15) is 43.9 Å². The molecule has 4 aromatic rings. The number of nitrogens with one attached hydrogen (secondary N) is 1. The number of nitrogens with zero attached hydrogens (tertiary/aromatic N) is 2. The minimum absolute atomic E-state index is 0.0265. The van der Waals surface area contributed by atoms with E-state index in [0.717, 1.165) is 48.0 Å². The summed E-state index contributed by atoms with van der Waals surface area (Å²) in [7, 11) is 1.61. The monoisotopic (exact) mass is 479 g/mol. The van der Waals surface area contributed by atoms with Crippen molar-refractivity contribution in [3.63, 3.8) is 0 Å². The number of carbonyl (C=O) groups excluding carboxylic acids is 1. The number of fused-ring (bicyclic) bond motifs is 3. The van der Waals surface area contributed by atoms with Crippen LogP contribution in [0.3, 0.4) is 0 Å². The number of hydrogen-bond donors (Lipinski definition) is 1. The van der Waals surface area contributed by atoms with Crippen molar-refractivity contribution in [2.45, 2.75) is 45.1 Å². The maximum absolute atomic E-state index is 13.6. The van der Waals surface area contributed by atoms with Crippen LogP contribution in [0, 0.1) is 12.8 Å². The van der Waals surface area contributed by atoms with Crippen LogP contribution in [0.15, 0.2) is 51.8 Å². The third kappa shape index (κ3) is 4.05. The zero-order valence-corrected chi connectivity index (χ0v) is 19.9. The SMILES string of the molecule is COc1ccc(NC(=O)C[C@@H]2CCC[C@H](n3c(=O)c4c(C)onc4c4c(Cl)cccc43)C2)cc1. The van der Waals surface area contributed by atoms with Crippen molar-refractivity contribution in [3.05, 3.63) is 63.6 Å². The van der Waals surface area contributed by atoms with Crippen molar-refractivity contribution in [2.24, 2.45) is 5.92 Å². The van der Waals surface area contributed by atoms with Gasteiger partial charge in [-0.1, -0.05) is 29.2 Å². The van der Waals surface area contributed by atoms with E-state index in [1.165, 1.54) is 0 Å². The lowest BCUT2D eigenvalue weighted by Gasteiger charge is -2.31. The number of halogens is 1. The Bertz CT molecular complexity index is 1420. The molecule has 0 unspecified atom stereocenters. The molecule has 8 heteroatoms. The summed E-state index contributed by atoms with van der Waals surface area (Å²) < 4.78 is 12.4. The van der Waals surface area contributed by atoms with E-state index < -0.39 is 0 Å². The number of methoxy groups -OCH3 is 1. The number of benzene rings is 2. The van der Waals surface area contributed by atoms with Gasteiger partial charge in [0, 0.05) is 23.5 Å². The van der Waals surface area contributed by atoms with Gasteiger partial charge in [-0.15, -0.1) is 0 Å². The van der Waals surface area contributed by atoms with Crippen LogP contribution in [0.25, 0.3) is 21.8 Å². The van der Waals surface area contributed by atoms with Crippen LogP contribution in [0.2, 0.25) is 5.02 Å². The summed E-state index contributed by atoms with van der Waals surface area (Å²) in [6, 6.07) is 12.8. The van der Waals surface area contributed by atoms with Gasteiger partial charge in [0.05, 0.1) is 17.6 Å². The highest BCUT2D eigenvalue weighted by molar-refractivity contribution is 6.37. The van der Waals surface area contributed by atoms with Gasteiger partial charge in [-0.05, 0) is 68.5 Å². The molecule has 176 valence electrons. The first kappa shape index (κ1) is 22.5. The molecule has 0 aliphatic heterocycles. The predicted octanol–water partition coefficient (Wildman–Crippen LogP) is 5.87. The fraction of sp³-hybridized carbons (Fsp3) is 0.346. The zero-order valence-electron chi connectivity index (χ0n) is 19.1. The van der Waals surface area contributed by atoms with Gasteiger partial charge < -0.3 is 19.1 Å². The summed E-state index contributed by atoms with van der Waals surface area (Å²) in [5.74, 6) is 1.38. The number of carbonyl (C=O) groups is 1. The number of aromatic nitrogens is 2. The molecule has 2 aromatic carbocycles. The Hall–Kier alpha value is -3.32. The normalized spacial score (nSPS) is 18.3. The van der Waals surface area contributed by atoms with Crippen molar-refractivity contribution in [3.8, 4) is 5.75 Å². The fourth-order valence-corrected chi connectivity index (χ4v) is 5.43. The average Bonchev–Trinajstić information content (AvgIpc) is 3.21. The van der Waals surface area contributed by atoms with Gasteiger partial charge in [-0.3, -0.25) is 9.59 Å². The lowest BCUT2D eigenvalue weighted by molar-refractivity contribution is -0.117. The van der Waals surface area contributed by atoms with E-state index in [2.05, 4.69) is 10.5 Å². The molecular weight excluding hydrogens is 454 g/mol. The van der Waals surface area contributed by atoms with Crippen molar-refractivity contribution in [2.75, 3.05) is 12.4 Å². The fourth-order valence-electron chi connectivity index (χ4n) is 5.17. The Morgan fingerprint density at radius 1 is 1.21 bits per heavy atom. The standard InChI is InChI=1S/C26H26ClN3O4/c1-15-23-25(29-34-15)24-20(27)7-4-8-21(24)30(26(23)32)18-6-3-5-16(13-18)14-22(31)28-17-9-11-19(33-2)12-10-17/h4,7-12,16,18H,3,5-6,13-14H2,1-2H3,(H,28,31)/t16-,18+/m1/s1. The Labute approximate surface area is 201 Å². The van der Waals surface area contributed by atoms with Crippen molar-refractivity contribution in [1.82, 2.24) is 9.72 Å². The molecule has 7 nitrogen and oxygen atoms in total. The molecule has 5 rings (SSSR count). The van der Waals surface area contributed by atoms with E-state index in [1.807, 2.05) is 41.0 Å². The second-order valence-corrected chi connectivity index (χ2v) is 9.35. The van der Waals surface area contributed by atoms with Gasteiger partial charge in [0.15, 0.2) is 0 Å². The molecule has 0 spiro atoms. The maximum Gasteiger partial charge on any atom is 0.264 e. The third-order valence-corrected chi connectivity index (χ3v) is 7.07. The first-order valence-corrected chi connectivity index (χ1v) is 11.9. The lowest BCUT2D eigenvalue weighted by atomic mass is 9.83. The number of ether oxygens (including phenoxy) is 1. The third-order valence-electron chi connectivity index (χ3n) is 6.75. The van der Waals surface area contributed by atoms with Crippen LogP contribution < -0.4 is 15.6 Å². The van der Waals surface area contributed by atoms with E-state index >= 15 is 0 Å². The Morgan fingerprint density at radius 3 is 2.76 bits per heavy atom. The molecule has 2 aromatic heterocycles. The number of pyridine rings is 1. The molecule has 0 bridgehead atoms. The highest BCUT2D eigenvalue weighted by Crippen LogP contribution is 2.38. The minimum Gasteiger partial charge on any atom is -0.497 e. The summed E-state index contributed by atoms with van der Waals surface area (Å²) in [6.07, 6.45) is 3.92. The summed E-state index contributed by atoms with van der Waals surface area (Å²) in [5.41, 5.74) is 1.89. The van der Waals surface area contributed by atoms with E-state index in [0.29, 0.717) is 28.1 Å². The second-order valence-electron chi connectivity index (χ2n) is 8.94. The van der Waals surface area contributed by atoms with Gasteiger partial charge in [-0.2, -0.15) is 0 Å². The van der Waals surface area contributed by atoms with Gasteiger partial charge in [0.2, 0.25) is 5.91 Å². The Kier molecular flexibility index (Phi) is 6.04. The molecule has 2 atom stereocenters. The molecule has 0 radical (unpaired) electrons. The number of anilines is 1. The maximum atomic E-state index is 13.6. The zero-order chi connectivity index (χ0) is 23.8. The van der Waals surface area contributed by atoms with Crippen LogP contribution in [-0.4, -0.2) is 22.7 Å². The highest BCUT2D eigenvalue weighted by atomic mass is 35.5. The summed E-state index contributed by atoms with van der Waals surface area (Å²) in [4.78, 5) is 26.3. The quantitative estimate of drug-likeness (QED) is 0.386. The van der Waals surface area contributed by atoms with Crippen molar-refractivity contribution >= 4 is 45.0 Å². The van der Waals surface area contributed by atoms with Gasteiger partial charge >= 0.3 is 0 Å².